The maximum absolute atomic E-state index is 12.9. The van der Waals surface area contributed by atoms with Crippen LogP contribution in [0.5, 0.6) is 0 Å². The molecule has 2 saturated heterocycles. The zero-order valence-electron chi connectivity index (χ0n) is 14.0. The van der Waals surface area contributed by atoms with Gasteiger partial charge in [0, 0.05) is 31.7 Å². The molecular formula is C19H22N2O3S. The summed E-state index contributed by atoms with van der Waals surface area (Å²) in [4.78, 5) is 2.76. The highest BCUT2D eigenvalue weighted by molar-refractivity contribution is 7.89. The van der Waals surface area contributed by atoms with E-state index in [4.69, 9.17) is 4.74 Å². The van der Waals surface area contributed by atoms with Crippen molar-refractivity contribution in [3.05, 3.63) is 66.2 Å². The third kappa shape index (κ3) is 3.35. The van der Waals surface area contributed by atoms with Crippen LogP contribution in [0.4, 0.5) is 0 Å². The maximum Gasteiger partial charge on any atom is 0.243 e. The molecule has 5 nitrogen and oxygen atoms in total. The largest absolute Gasteiger partial charge is 0.378 e. The minimum absolute atomic E-state index is 0.0891. The van der Waals surface area contributed by atoms with Gasteiger partial charge in [-0.2, -0.15) is 4.31 Å². The van der Waals surface area contributed by atoms with Gasteiger partial charge in [-0.05, 0) is 17.7 Å². The lowest BCUT2D eigenvalue weighted by Gasteiger charge is -2.49. The first-order chi connectivity index (χ1) is 12.1. The number of nitrogens with zero attached hydrogens (tertiary/aromatic N) is 2. The first-order valence-electron chi connectivity index (χ1n) is 8.57. The number of hydrogen-bond donors (Lipinski definition) is 0. The van der Waals surface area contributed by atoms with Crippen molar-refractivity contribution < 1.29 is 13.2 Å². The van der Waals surface area contributed by atoms with Crippen molar-refractivity contribution in [2.24, 2.45) is 0 Å². The van der Waals surface area contributed by atoms with E-state index < -0.39 is 10.0 Å². The zero-order valence-corrected chi connectivity index (χ0v) is 14.8. The molecule has 2 fully saturated rings. The molecule has 0 aromatic heterocycles. The van der Waals surface area contributed by atoms with Crippen LogP contribution in [0.2, 0.25) is 0 Å². The van der Waals surface area contributed by atoms with Gasteiger partial charge in [0.1, 0.15) is 0 Å². The summed E-state index contributed by atoms with van der Waals surface area (Å²) in [7, 11) is -3.45. The highest BCUT2D eigenvalue weighted by atomic mass is 32.2. The molecule has 2 bridgehead atoms. The van der Waals surface area contributed by atoms with Crippen molar-refractivity contribution in [1.29, 1.82) is 0 Å². The molecule has 2 aromatic rings. The summed E-state index contributed by atoms with van der Waals surface area (Å²) >= 11 is 0. The molecule has 132 valence electrons. The molecule has 25 heavy (non-hydrogen) atoms. The molecule has 2 heterocycles. The second-order valence-electron chi connectivity index (χ2n) is 6.64. The van der Waals surface area contributed by atoms with Crippen molar-refractivity contribution in [1.82, 2.24) is 9.21 Å². The van der Waals surface area contributed by atoms with Crippen LogP contribution < -0.4 is 0 Å². The third-order valence-electron chi connectivity index (χ3n) is 4.98. The number of sulfonamides is 1. The van der Waals surface area contributed by atoms with E-state index in [1.54, 1.807) is 28.6 Å². The van der Waals surface area contributed by atoms with Crippen LogP contribution in [0.25, 0.3) is 0 Å². The first-order valence-corrected chi connectivity index (χ1v) is 10.0. The van der Waals surface area contributed by atoms with Gasteiger partial charge in [-0.15, -0.1) is 0 Å². The van der Waals surface area contributed by atoms with Gasteiger partial charge in [0.05, 0.1) is 18.1 Å². The van der Waals surface area contributed by atoms with Crippen LogP contribution in [0, 0.1) is 0 Å². The standard InChI is InChI=1S/C19H22N2O3S/c22-25(23,19-9-5-2-6-10-19)20-12-17-14-24-15-18(13-20)21(17)11-16-7-3-1-4-8-16/h1-10,17-18H,11-15H2/t17-,18+. The minimum atomic E-state index is -3.45. The van der Waals surface area contributed by atoms with Gasteiger partial charge in [0.25, 0.3) is 0 Å². The summed E-state index contributed by atoms with van der Waals surface area (Å²) in [6.45, 7) is 2.92. The van der Waals surface area contributed by atoms with Crippen molar-refractivity contribution in [2.75, 3.05) is 26.3 Å². The topological polar surface area (TPSA) is 49.9 Å². The summed E-state index contributed by atoms with van der Waals surface area (Å²) in [6.07, 6.45) is 0. The molecule has 2 aromatic carbocycles. The summed E-state index contributed by atoms with van der Waals surface area (Å²) in [5.41, 5.74) is 1.25. The number of morpholine rings is 1. The molecule has 0 radical (unpaired) electrons. The molecule has 0 aliphatic carbocycles. The Kier molecular flexibility index (Phi) is 4.60. The van der Waals surface area contributed by atoms with E-state index in [0.29, 0.717) is 31.2 Å². The molecule has 2 aliphatic rings. The molecule has 0 saturated carbocycles. The van der Waals surface area contributed by atoms with Crippen LogP contribution in [-0.2, 0) is 21.3 Å². The number of hydrogen-bond acceptors (Lipinski definition) is 4. The predicted molar refractivity (Wildman–Crippen MR) is 95.6 cm³/mol. The lowest BCUT2D eigenvalue weighted by Crippen LogP contribution is -2.64. The fraction of sp³-hybridized carbons (Fsp3) is 0.368. The average molecular weight is 358 g/mol. The fourth-order valence-electron chi connectivity index (χ4n) is 3.68. The normalized spacial score (nSPS) is 25.0. The number of benzene rings is 2. The molecular weight excluding hydrogens is 336 g/mol. The van der Waals surface area contributed by atoms with Crippen LogP contribution in [-0.4, -0.2) is 56.0 Å². The maximum atomic E-state index is 12.9. The Bertz CT molecular complexity index is 797. The van der Waals surface area contributed by atoms with Crippen molar-refractivity contribution in [3.63, 3.8) is 0 Å². The summed E-state index contributed by atoms with van der Waals surface area (Å²) in [5, 5.41) is 0. The van der Waals surface area contributed by atoms with E-state index in [0.717, 1.165) is 6.54 Å². The van der Waals surface area contributed by atoms with Gasteiger partial charge >= 0.3 is 0 Å². The monoisotopic (exact) mass is 358 g/mol. The Hall–Kier alpha value is -1.73. The van der Waals surface area contributed by atoms with Gasteiger partial charge in [-0.25, -0.2) is 8.42 Å². The second kappa shape index (κ2) is 6.88. The van der Waals surface area contributed by atoms with Crippen LogP contribution in [0.1, 0.15) is 5.56 Å². The number of piperazine rings is 1. The molecule has 4 rings (SSSR count). The molecule has 0 spiro atoms. The Morgan fingerprint density at radius 3 is 2.04 bits per heavy atom. The average Bonchev–Trinajstić information content (AvgIpc) is 2.63. The van der Waals surface area contributed by atoms with E-state index in [9.17, 15) is 8.42 Å². The lowest BCUT2D eigenvalue weighted by atomic mass is 10.0. The van der Waals surface area contributed by atoms with Crippen LogP contribution in [0.15, 0.2) is 65.6 Å². The number of ether oxygens (including phenoxy) is 1. The summed E-state index contributed by atoms with van der Waals surface area (Å²) in [6, 6.07) is 19.2. The molecule has 0 unspecified atom stereocenters. The van der Waals surface area contributed by atoms with Crippen molar-refractivity contribution in [2.45, 2.75) is 23.5 Å². The Morgan fingerprint density at radius 2 is 1.44 bits per heavy atom. The summed E-state index contributed by atoms with van der Waals surface area (Å²) in [5.74, 6) is 0. The lowest BCUT2D eigenvalue weighted by molar-refractivity contribution is -0.0858. The zero-order chi connectivity index (χ0) is 17.3. The Balaban J connectivity index is 1.55. The van der Waals surface area contributed by atoms with E-state index in [1.165, 1.54) is 5.56 Å². The Labute approximate surface area is 148 Å². The molecule has 0 N–H and O–H groups in total. The van der Waals surface area contributed by atoms with E-state index in [-0.39, 0.29) is 12.1 Å². The third-order valence-corrected chi connectivity index (χ3v) is 6.82. The first kappa shape index (κ1) is 16.7. The fourth-order valence-corrected chi connectivity index (χ4v) is 5.22. The SMILES string of the molecule is O=S(=O)(c1ccccc1)N1C[C@H]2COC[C@@H](C1)N2Cc1ccccc1. The van der Waals surface area contributed by atoms with Crippen molar-refractivity contribution in [3.8, 4) is 0 Å². The quantitative estimate of drug-likeness (QED) is 0.838. The van der Waals surface area contributed by atoms with E-state index in [1.807, 2.05) is 24.3 Å². The van der Waals surface area contributed by atoms with Gasteiger partial charge in [-0.3, -0.25) is 4.90 Å². The Morgan fingerprint density at radius 1 is 0.880 bits per heavy atom. The molecule has 6 heteroatoms. The number of rotatable bonds is 4. The highest BCUT2D eigenvalue weighted by Gasteiger charge is 2.42. The van der Waals surface area contributed by atoms with Gasteiger partial charge in [0.2, 0.25) is 10.0 Å². The second-order valence-corrected chi connectivity index (χ2v) is 8.58. The minimum Gasteiger partial charge on any atom is -0.378 e. The highest BCUT2D eigenvalue weighted by Crippen LogP contribution is 2.27. The van der Waals surface area contributed by atoms with E-state index >= 15 is 0 Å². The van der Waals surface area contributed by atoms with Crippen LogP contribution in [0.3, 0.4) is 0 Å². The van der Waals surface area contributed by atoms with Gasteiger partial charge in [-0.1, -0.05) is 48.5 Å². The molecule has 2 aliphatic heterocycles. The van der Waals surface area contributed by atoms with E-state index in [2.05, 4.69) is 17.0 Å². The molecule has 2 atom stereocenters. The van der Waals surface area contributed by atoms with Gasteiger partial charge < -0.3 is 4.74 Å². The van der Waals surface area contributed by atoms with Gasteiger partial charge in [0.15, 0.2) is 0 Å². The van der Waals surface area contributed by atoms with Crippen LogP contribution >= 0.6 is 0 Å². The predicted octanol–water partition coefficient (Wildman–Crippen LogP) is 1.96. The number of fused-ring (bicyclic) bond motifs is 2. The van der Waals surface area contributed by atoms with Crippen molar-refractivity contribution >= 4 is 10.0 Å². The summed E-state index contributed by atoms with van der Waals surface area (Å²) < 4.78 is 33.2. The smallest absolute Gasteiger partial charge is 0.243 e. The molecule has 0 amide bonds.